The second-order valence-electron chi connectivity index (χ2n) is 7.64. The Morgan fingerprint density at radius 2 is 2.09 bits per heavy atom. The number of alkyl halides is 1. The van der Waals surface area contributed by atoms with Gasteiger partial charge in [0.15, 0.2) is 17.1 Å². The van der Waals surface area contributed by atoms with Crippen LogP contribution in [0.2, 0.25) is 0 Å². The number of ether oxygens (including phenoxy) is 2. The number of halogens is 1. The van der Waals surface area contributed by atoms with E-state index in [0.29, 0.717) is 40.7 Å². The van der Waals surface area contributed by atoms with Gasteiger partial charge in [-0.2, -0.15) is 4.98 Å². The number of aromatic nitrogens is 1. The Morgan fingerprint density at radius 3 is 2.81 bits per heavy atom. The van der Waals surface area contributed by atoms with Gasteiger partial charge in [-0.05, 0) is 55.8 Å². The van der Waals surface area contributed by atoms with Gasteiger partial charge < -0.3 is 29.8 Å². The van der Waals surface area contributed by atoms with Crippen LogP contribution in [0, 0.1) is 0 Å². The van der Waals surface area contributed by atoms with Gasteiger partial charge in [-0.25, -0.2) is 4.39 Å². The van der Waals surface area contributed by atoms with Crippen molar-refractivity contribution in [3.05, 3.63) is 47.5 Å². The van der Waals surface area contributed by atoms with Gasteiger partial charge in [-0.3, -0.25) is 4.79 Å². The molecule has 32 heavy (non-hydrogen) atoms. The van der Waals surface area contributed by atoms with E-state index in [4.69, 9.17) is 19.6 Å². The minimum atomic E-state index is -0.584. The summed E-state index contributed by atoms with van der Waals surface area (Å²) in [7, 11) is 1.55. The summed E-state index contributed by atoms with van der Waals surface area (Å²) in [4.78, 5) is 18.6. The summed E-state index contributed by atoms with van der Waals surface area (Å²) in [5.41, 5.74) is 7.75. The molecule has 1 aliphatic heterocycles. The number of benzene rings is 2. The van der Waals surface area contributed by atoms with Crippen molar-refractivity contribution in [1.82, 2.24) is 10.3 Å². The largest absolute Gasteiger partial charge is 0.493 e. The number of anilines is 1. The third-order valence-corrected chi connectivity index (χ3v) is 5.58. The Labute approximate surface area is 185 Å². The molecule has 4 rings (SSSR count). The Hall–Kier alpha value is -3.33. The van der Waals surface area contributed by atoms with Gasteiger partial charge in [-0.1, -0.05) is 12.1 Å². The van der Waals surface area contributed by atoms with E-state index in [-0.39, 0.29) is 12.6 Å². The molecule has 0 spiro atoms. The summed E-state index contributed by atoms with van der Waals surface area (Å²) in [6.07, 6.45) is 1.84. The fraction of sp³-hybridized carbons (Fsp3) is 0.391. The number of para-hydroxylation sites is 1. The average molecular weight is 442 g/mol. The Bertz CT molecular complexity index is 1080. The molecule has 8 nitrogen and oxygen atoms in total. The molecule has 0 unspecified atom stereocenters. The van der Waals surface area contributed by atoms with Gasteiger partial charge >= 0.3 is 0 Å². The highest BCUT2D eigenvalue weighted by molar-refractivity contribution is 6.03. The predicted molar refractivity (Wildman–Crippen MR) is 119 cm³/mol. The maximum atomic E-state index is 12.6. The van der Waals surface area contributed by atoms with Gasteiger partial charge in [0.25, 0.3) is 11.9 Å². The normalized spacial score (nSPS) is 14.4. The van der Waals surface area contributed by atoms with Crippen molar-refractivity contribution in [2.24, 2.45) is 5.73 Å². The third kappa shape index (κ3) is 4.62. The molecule has 3 aromatic rings. The number of oxazole rings is 1. The lowest BCUT2D eigenvalue weighted by Crippen LogP contribution is -2.43. The van der Waals surface area contributed by atoms with Gasteiger partial charge in [0.05, 0.1) is 12.7 Å². The van der Waals surface area contributed by atoms with Crippen LogP contribution in [-0.2, 0) is 6.54 Å². The molecular weight excluding hydrogens is 415 g/mol. The monoisotopic (exact) mass is 442 g/mol. The maximum Gasteiger partial charge on any atom is 0.298 e. The Balaban J connectivity index is 1.70. The van der Waals surface area contributed by atoms with E-state index < -0.39 is 12.6 Å². The van der Waals surface area contributed by atoms with Crippen LogP contribution in [0.25, 0.3) is 11.1 Å². The molecule has 170 valence electrons. The lowest BCUT2D eigenvalue weighted by atomic mass is 10.0. The molecular formula is C23H27FN4O4. The fourth-order valence-corrected chi connectivity index (χ4v) is 4.01. The highest BCUT2D eigenvalue weighted by atomic mass is 19.1. The molecule has 1 aliphatic rings. The molecule has 0 aliphatic carbocycles. The molecule has 0 radical (unpaired) electrons. The Kier molecular flexibility index (Phi) is 6.75. The fourth-order valence-electron chi connectivity index (χ4n) is 4.01. The molecule has 1 amide bonds. The van der Waals surface area contributed by atoms with Crippen LogP contribution in [0.15, 0.2) is 40.8 Å². The quantitative estimate of drug-likeness (QED) is 0.525. The number of carbonyl (C=O) groups excluding carboxylic acids is 1. The van der Waals surface area contributed by atoms with Crippen LogP contribution in [0.5, 0.6) is 11.5 Å². The number of amides is 1. The number of methoxy groups -OCH3 is 1. The predicted octanol–water partition coefficient (Wildman–Crippen LogP) is 3.04. The second-order valence-corrected chi connectivity index (χ2v) is 7.64. The first kappa shape index (κ1) is 21.9. The van der Waals surface area contributed by atoms with E-state index in [1.165, 1.54) is 0 Å². The summed E-state index contributed by atoms with van der Waals surface area (Å²) in [5, 5.41) is 3.37. The summed E-state index contributed by atoms with van der Waals surface area (Å²) in [5.74, 6) is 0.485. The van der Waals surface area contributed by atoms with Gasteiger partial charge in [0.1, 0.15) is 18.8 Å². The van der Waals surface area contributed by atoms with E-state index in [2.05, 4.69) is 15.2 Å². The maximum absolute atomic E-state index is 12.6. The zero-order chi connectivity index (χ0) is 22.5. The first-order chi connectivity index (χ1) is 15.6. The summed E-state index contributed by atoms with van der Waals surface area (Å²) < 4.78 is 29.6. The lowest BCUT2D eigenvalue weighted by molar-refractivity contribution is 0.100. The average Bonchev–Trinajstić information content (AvgIpc) is 3.25. The van der Waals surface area contributed by atoms with E-state index in [1.807, 2.05) is 12.1 Å². The molecule has 1 aromatic heterocycles. The molecule has 1 saturated heterocycles. The van der Waals surface area contributed by atoms with Crippen LogP contribution in [0.4, 0.5) is 10.4 Å². The van der Waals surface area contributed by atoms with Crippen molar-refractivity contribution in [2.45, 2.75) is 25.4 Å². The van der Waals surface area contributed by atoms with E-state index >= 15 is 0 Å². The minimum Gasteiger partial charge on any atom is -0.493 e. The van der Waals surface area contributed by atoms with Crippen molar-refractivity contribution in [1.29, 1.82) is 0 Å². The number of nitrogens with two attached hydrogens (primary N) is 1. The van der Waals surface area contributed by atoms with Crippen molar-refractivity contribution < 1.29 is 23.1 Å². The van der Waals surface area contributed by atoms with Crippen LogP contribution >= 0.6 is 0 Å². The molecule has 1 fully saturated rings. The first-order valence-electron chi connectivity index (χ1n) is 10.6. The number of nitrogens with zero attached hydrogens (tertiary/aromatic N) is 2. The minimum absolute atomic E-state index is 0.0428. The number of nitrogens with one attached hydrogen (secondary N) is 1. The van der Waals surface area contributed by atoms with Crippen LogP contribution in [-0.4, -0.2) is 50.4 Å². The zero-order valence-corrected chi connectivity index (χ0v) is 18.0. The number of primary amides is 1. The molecule has 0 saturated carbocycles. The highest BCUT2D eigenvalue weighted by Crippen LogP contribution is 2.32. The Morgan fingerprint density at radius 1 is 1.28 bits per heavy atom. The number of rotatable bonds is 9. The first-order valence-corrected chi connectivity index (χ1v) is 10.6. The van der Waals surface area contributed by atoms with Gasteiger partial charge in [-0.15, -0.1) is 0 Å². The zero-order valence-electron chi connectivity index (χ0n) is 18.0. The molecule has 9 heteroatoms. The van der Waals surface area contributed by atoms with Crippen LogP contribution < -0.4 is 25.4 Å². The third-order valence-electron chi connectivity index (χ3n) is 5.58. The molecule has 0 atom stereocenters. The number of hydrogen-bond donors (Lipinski definition) is 2. The SMILES string of the molecule is COc1ccc(CN(c2nc3c(C(N)=O)cccc3o2)C2CCNCC2)cc1OCCF. The summed E-state index contributed by atoms with van der Waals surface area (Å²) in [6.45, 7) is 1.65. The molecule has 3 N–H and O–H groups in total. The van der Waals surface area contributed by atoms with E-state index in [9.17, 15) is 9.18 Å². The molecule has 2 aromatic carbocycles. The van der Waals surface area contributed by atoms with E-state index in [1.54, 1.807) is 31.4 Å². The molecule has 2 heterocycles. The topological polar surface area (TPSA) is 103 Å². The van der Waals surface area contributed by atoms with Gasteiger partial charge in [0.2, 0.25) is 0 Å². The van der Waals surface area contributed by atoms with Crippen molar-refractivity contribution >= 4 is 23.0 Å². The standard InChI is InChI=1S/C23H27FN4O4/c1-30-18-6-5-15(13-20(18)31-12-9-24)14-28(16-7-10-26-11-8-16)23-27-21-17(22(25)29)3-2-4-19(21)32-23/h2-6,13,16,26H,7-12,14H2,1H3,(H2,25,29). The van der Waals surface area contributed by atoms with Crippen molar-refractivity contribution in [3.8, 4) is 11.5 Å². The summed E-state index contributed by atoms with van der Waals surface area (Å²) >= 11 is 0. The molecule has 0 bridgehead atoms. The van der Waals surface area contributed by atoms with E-state index in [0.717, 1.165) is 31.5 Å². The van der Waals surface area contributed by atoms with Crippen LogP contribution in [0.1, 0.15) is 28.8 Å². The van der Waals surface area contributed by atoms with Crippen LogP contribution in [0.3, 0.4) is 0 Å². The lowest BCUT2D eigenvalue weighted by Gasteiger charge is -2.33. The number of hydrogen-bond acceptors (Lipinski definition) is 7. The highest BCUT2D eigenvalue weighted by Gasteiger charge is 2.26. The smallest absolute Gasteiger partial charge is 0.298 e. The summed E-state index contributed by atoms with van der Waals surface area (Å²) in [6, 6.07) is 11.4. The second kappa shape index (κ2) is 9.86. The van der Waals surface area contributed by atoms with Crippen molar-refractivity contribution in [3.63, 3.8) is 0 Å². The number of carbonyl (C=O) groups is 1. The van der Waals surface area contributed by atoms with Gasteiger partial charge in [0, 0.05) is 12.6 Å². The van der Waals surface area contributed by atoms with Crippen molar-refractivity contribution in [2.75, 3.05) is 38.4 Å². The number of fused-ring (bicyclic) bond motifs is 1. The number of piperidine rings is 1.